The number of carbonyl (C=O) groups is 1. The van der Waals surface area contributed by atoms with Crippen LogP contribution in [0.25, 0.3) is 0 Å². The molecule has 1 rings (SSSR count). The lowest BCUT2D eigenvalue weighted by Crippen LogP contribution is -2.42. The maximum absolute atomic E-state index is 11.7. The number of aromatic nitrogens is 3. The molecule has 1 atom stereocenters. The Morgan fingerprint density at radius 1 is 1.56 bits per heavy atom. The zero-order valence-electron chi connectivity index (χ0n) is 10.1. The lowest BCUT2D eigenvalue weighted by molar-refractivity contribution is 0.0857. The average molecular weight is 226 g/mol. The van der Waals surface area contributed by atoms with Crippen LogP contribution in [0.5, 0.6) is 0 Å². The molecule has 0 saturated heterocycles. The summed E-state index contributed by atoms with van der Waals surface area (Å²) in [6, 6.07) is -0.0312. The van der Waals surface area contributed by atoms with Crippen LogP contribution in [0.3, 0.4) is 0 Å². The molecule has 0 aliphatic rings. The molecule has 0 bridgehead atoms. The standard InChI is InChI=1S/C10H18N4O2/c1-6(2)8(5-16-4)12-10(15)9-11-7(3)13-14-9/h6,8H,5H2,1-4H3,(H,12,15)(H,11,13,14). The highest BCUT2D eigenvalue weighted by Crippen LogP contribution is 2.03. The molecule has 0 fully saturated rings. The van der Waals surface area contributed by atoms with Gasteiger partial charge in [-0.05, 0) is 12.8 Å². The van der Waals surface area contributed by atoms with Crippen molar-refractivity contribution in [1.82, 2.24) is 20.5 Å². The van der Waals surface area contributed by atoms with Gasteiger partial charge >= 0.3 is 0 Å². The van der Waals surface area contributed by atoms with Crippen LogP contribution in [0.4, 0.5) is 0 Å². The number of ether oxygens (including phenoxy) is 1. The van der Waals surface area contributed by atoms with Crippen LogP contribution in [-0.4, -0.2) is 40.8 Å². The summed E-state index contributed by atoms with van der Waals surface area (Å²) in [5.41, 5.74) is 0. The van der Waals surface area contributed by atoms with Crippen LogP contribution in [0.2, 0.25) is 0 Å². The van der Waals surface area contributed by atoms with E-state index in [2.05, 4.69) is 20.5 Å². The van der Waals surface area contributed by atoms with Gasteiger partial charge in [-0.1, -0.05) is 13.8 Å². The number of nitrogens with zero attached hydrogens (tertiary/aromatic N) is 2. The van der Waals surface area contributed by atoms with Crippen LogP contribution < -0.4 is 5.32 Å². The third-order valence-electron chi connectivity index (χ3n) is 2.27. The van der Waals surface area contributed by atoms with Crippen molar-refractivity contribution >= 4 is 5.91 Å². The van der Waals surface area contributed by atoms with E-state index in [1.165, 1.54) is 0 Å². The third-order valence-corrected chi connectivity index (χ3v) is 2.27. The Bertz CT molecular complexity index is 348. The van der Waals surface area contributed by atoms with Crippen LogP contribution >= 0.6 is 0 Å². The molecule has 6 nitrogen and oxygen atoms in total. The minimum atomic E-state index is -0.278. The highest BCUT2D eigenvalue weighted by Gasteiger charge is 2.19. The Kier molecular flexibility index (Phi) is 4.42. The van der Waals surface area contributed by atoms with E-state index in [1.54, 1.807) is 14.0 Å². The van der Waals surface area contributed by atoms with Crippen molar-refractivity contribution in [2.75, 3.05) is 13.7 Å². The molecule has 2 N–H and O–H groups in total. The fourth-order valence-electron chi connectivity index (χ4n) is 1.26. The minimum Gasteiger partial charge on any atom is -0.383 e. The maximum Gasteiger partial charge on any atom is 0.291 e. The highest BCUT2D eigenvalue weighted by molar-refractivity contribution is 5.90. The van der Waals surface area contributed by atoms with Crippen molar-refractivity contribution in [2.45, 2.75) is 26.8 Å². The molecule has 0 aliphatic heterocycles. The van der Waals surface area contributed by atoms with Crippen molar-refractivity contribution in [3.05, 3.63) is 11.6 Å². The van der Waals surface area contributed by atoms with Gasteiger partial charge in [-0.2, -0.15) is 0 Å². The topological polar surface area (TPSA) is 79.9 Å². The van der Waals surface area contributed by atoms with Gasteiger partial charge in [0.2, 0.25) is 5.82 Å². The quantitative estimate of drug-likeness (QED) is 0.766. The van der Waals surface area contributed by atoms with Gasteiger partial charge in [0.05, 0.1) is 12.6 Å². The molecule has 1 heterocycles. The molecule has 1 aromatic heterocycles. The van der Waals surface area contributed by atoms with Crippen LogP contribution in [0, 0.1) is 12.8 Å². The number of rotatable bonds is 5. The fourth-order valence-corrected chi connectivity index (χ4v) is 1.26. The van der Waals surface area contributed by atoms with E-state index in [9.17, 15) is 4.79 Å². The summed E-state index contributed by atoms with van der Waals surface area (Å²) in [5.74, 6) is 0.807. The summed E-state index contributed by atoms with van der Waals surface area (Å²) in [6.45, 7) is 6.27. The van der Waals surface area contributed by atoms with Crippen molar-refractivity contribution < 1.29 is 9.53 Å². The molecular formula is C10H18N4O2. The molecule has 0 radical (unpaired) electrons. The predicted octanol–water partition coefficient (Wildman–Crippen LogP) is 0.514. The molecule has 1 aromatic rings. The van der Waals surface area contributed by atoms with Crippen molar-refractivity contribution in [1.29, 1.82) is 0 Å². The van der Waals surface area contributed by atoms with E-state index in [-0.39, 0.29) is 17.8 Å². The van der Waals surface area contributed by atoms with E-state index < -0.39 is 0 Å². The van der Waals surface area contributed by atoms with E-state index in [0.29, 0.717) is 18.3 Å². The fraction of sp³-hybridized carbons (Fsp3) is 0.700. The summed E-state index contributed by atoms with van der Waals surface area (Å²) in [6.07, 6.45) is 0. The van der Waals surface area contributed by atoms with Gasteiger partial charge in [-0.3, -0.25) is 9.89 Å². The number of amides is 1. The second kappa shape index (κ2) is 5.60. The molecule has 0 aromatic carbocycles. The van der Waals surface area contributed by atoms with E-state index in [1.807, 2.05) is 13.8 Å². The number of H-pyrrole nitrogens is 1. The number of methoxy groups -OCH3 is 1. The SMILES string of the molecule is COCC(NC(=O)c1n[nH]c(C)n1)C(C)C. The molecule has 0 saturated carbocycles. The number of nitrogens with one attached hydrogen (secondary N) is 2. The van der Waals surface area contributed by atoms with Crippen molar-refractivity contribution in [3.8, 4) is 0 Å². The van der Waals surface area contributed by atoms with Gasteiger partial charge in [0.25, 0.3) is 5.91 Å². The van der Waals surface area contributed by atoms with E-state index in [0.717, 1.165) is 0 Å². The molecule has 0 aliphatic carbocycles. The molecule has 1 unspecified atom stereocenters. The molecule has 1 amide bonds. The van der Waals surface area contributed by atoms with Gasteiger partial charge in [0.1, 0.15) is 5.82 Å². The van der Waals surface area contributed by atoms with Crippen LogP contribution in [0.15, 0.2) is 0 Å². The normalized spacial score (nSPS) is 12.8. The van der Waals surface area contributed by atoms with Crippen molar-refractivity contribution in [2.24, 2.45) is 5.92 Å². The lowest BCUT2D eigenvalue weighted by Gasteiger charge is -2.20. The second-order valence-corrected chi connectivity index (χ2v) is 4.02. The summed E-state index contributed by atoms with van der Waals surface area (Å²) >= 11 is 0. The average Bonchev–Trinajstić information content (AvgIpc) is 2.64. The summed E-state index contributed by atoms with van der Waals surface area (Å²) in [7, 11) is 1.61. The monoisotopic (exact) mass is 226 g/mol. The second-order valence-electron chi connectivity index (χ2n) is 4.02. The maximum atomic E-state index is 11.7. The van der Waals surface area contributed by atoms with Crippen LogP contribution in [0.1, 0.15) is 30.3 Å². The molecule has 6 heteroatoms. The summed E-state index contributed by atoms with van der Waals surface area (Å²) in [5, 5.41) is 9.27. The zero-order chi connectivity index (χ0) is 12.1. The summed E-state index contributed by atoms with van der Waals surface area (Å²) in [4.78, 5) is 15.7. The molecule has 90 valence electrons. The minimum absolute atomic E-state index is 0.0312. The Balaban J connectivity index is 2.61. The number of hydrogen-bond donors (Lipinski definition) is 2. The smallest absolute Gasteiger partial charge is 0.291 e. The van der Waals surface area contributed by atoms with E-state index >= 15 is 0 Å². The first-order chi connectivity index (χ1) is 7.54. The van der Waals surface area contributed by atoms with Crippen LogP contribution in [-0.2, 0) is 4.74 Å². The van der Waals surface area contributed by atoms with Crippen molar-refractivity contribution in [3.63, 3.8) is 0 Å². The van der Waals surface area contributed by atoms with E-state index in [4.69, 9.17) is 4.74 Å². The lowest BCUT2D eigenvalue weighted by atomic mass is 10.1. The highest BCUT2D eigenvalue weighted by atomic mass is 16.5. The molecule has 0 spiro atoms. The zero-order valence-corrected chi connectivity index (χ0v) is 10.1. The van der Waals surface area contributed by atoms with Gasteiger partial charge in [0.15, 0.2) is 0 Å². The van der Waals surface area contributed by atoms with Gasteiger partial charge in [0, 0.05) is 7.11 Å². The number of aromatic amines is 1. The number of carbonyl (C=O) groups excluding carboxylic acids is 1. The summed E-state index contributed by atoms with van der Waals surface area (Å²) < 4.78 is 5.04. The Morgan fingerprint density at radius 2 is 2.25 bits per heavy atom. The first kappa shape index (κ1) is 12.6. The first-order valence-corrected chi connectivity index (χ1v) is 5.23. The van der Waals surface area contributed by atoms with Gasteiger partial charge in [-0.25, -0.2) is 4.98 Å². The largest absolute Gasteiger partial charge is 0.383 e. The molecule has 16 heavy (non-hydrogen) atoms. The number of hydrogen-bond acceptors (Lipinski definition) is 4. The van der Waals surface area contributed by atoms with Gasteiger partial charge < -0.3 is 10.1 Å². The molecular weight excluding hydrogens is 208 g/mol. The predicted molar refractivity (Wildman–Crippen MR) is 59.1 cm³/mol. The Hall–Kier alpha value is -1.43. The third kappa shape index (κ3) is 3.30. The Labute approximate surface area is 94.8 Å². The first-order valence-electron chi connectivity index (χ1n) is 5.23. The number of aryl methyl sites for hydroxylation is 1. The Morgan fingerprint density at radius 3 is 2.69 bits per heavy atom. The van der Waals surface area contributed by atoms with Gasteiger partial charge in [-0.15, -0.1) is 5.10 Å².